The average molecular weight is 144 g/mol. The first kappa shape index (κ1) is 8.52. The molecular formula is C7H10ClN. The summed E-state index contributed by atoms with van der Waals surface area (Å²) in [6.45, 7) is 12.5. The average Bonchev–Trinajstić information content (AvgIpc) is 1.84. The molecule has 0 spiro atoms. The molecule has 0 aromatic heterocycles. The lowest BCUT2D eigenvalue weighted by molar-refractivity contribution is 0.767. The summed E-state index contributed by atoms with van der Waals surface area (Å²) in [5.74, 6) is 0.381. The third kappa shape index (κ3) is 2.53. The zero-order chi connectivity index (χ0) is 7.44. The molecule has 0 radical (unpaired) electrons. The van der Waals surface area contributed by atoms with Crippen LogP contribution in [0.25, 0.3) is 4.85 Å². The number of hydrogen-bond acceptors (Lipinski definition) is 0. The molecule has 50 valence electrons. The molecule has 9 heavy (non-hydrogen) atoms. The monoisotopic (exact) mass is 143 g/mol. The van der Waals surface area contributed by atoms with Crippen LogP contribution >= 0.6 is 11.6 Å². The Labute approximate surface area is 61.1 Å². The van der Waals surface area contributed by atoms with Gasteiger partial charge in [-0.3, -0.25) is 0 Å². The van der Waals surface area contributed by atoms with E-state index in [1.54, 1.807) is 0 Å². The van der Waals surface area contributed by atoms with Gasteiger partial charge in [-0.2, -0.15) is 0 Å². The summed E-state index contributed by atoms with van der Waals surface area (Å²) in [6.07, 6.45) is 0. The van der Waals surface area contributed by atoms with Gasteiger partial charge in [0, 0.05) is 0 Å². The van der Waals surface area contributed by atoms with Crippen molar-refractivity contribution in [3.63, 3.8) is 0 Å². The van der Waals surface area contributed by atoms with Crippen molar-refractivity contribution in [2.75, 3.05) is 0 Å². The van der Waals surface area contributed by atoms with E-state index in [9.17, 15) is 0 Å². The Morgan fingerprint density at radius 1 is 1.56 bits per heavy atom. The fourth-order valence-electron chi connectivity index (χ4n) is 0.326. The minimum Gasteiger partial charge on any atom is -0.225 e. The fourth-order valence-corrected chi connectivity index (χ4v) is 0.545. The molecule has 0 saturated heterocycles. The molecule has 0 amide bonds. The summed E-state index contributed by atoms with van der Waals surface area (Å²) in [7, 11) is 0. The van der Waals surface area contributed by atoms with Gasteiger partial charge in [0.15, 0.2) is 0 Å². The van der Waals surface area contributed by atoms with E-state index in [2.05, 4.69) is 4.85 Å². The zero-order valence-electron chi connectivity index (χ0n) is 5.90. The maximum atomic E-state index is 6.57. The first-order valence-corrected chi connectivity index (χ1v) is 3.21. The van der Waals surface area contributed by atoms with Gasteiger partial charge in [-0.05, 0) is 5.92 Å². The highest BCUT2D eigenvalue weighted by Gasteiger charge is 2.01. The highest BCUT2D eigenvalue weighted by Crippen LogP contribution is 2.17. The molecule has 1 nitrogen and oxygen atoms in total. The van der Waals surface area contributed by atoms with Crippen LogP contribution in [0.3, 0.4) is 0 Å². The maximum absolute atomic E-state index is 6.57. The van der Waals surface area contributed by atoms with Crippen molar-refractivity contribution in [2.24, 2.45) is 5.92 Å². The van der Waals surface area contributed by atoms with Gasteiger partial charge in [0.1, 0.15) is 0 Å². The highest BCUT2D eigenvalue weighted by molar-refractivity contribution is 6.31. The number of halogens is 1. The van der Waals surface area contributed by atoms with Gasteiger partial charge >= 0.3 is 0 Å². The van der Waals surface area contributed by atoms with Crippen LogP contribution in [0.2, 0.25) is 0 Å². The van der Waals surface area contributed by atoms with Gasteiger partial charge in [0.25, 0.3) is 5.16 Å². The molecule has 0 aromatic carbocycles. The molecule has 0 aliphatic carbocycles. The molecule has 0 aliphatic rings. The predicted molar refractivity (Wildman–Crippen MR) is 40.0 cm³/mol. The normalized spacial score (nSPS) is 12.9. The molecule has 0 saturated carbocycles. The topological polar surface area (TPSA) is 4.36 Å². The third-order valence-corrected chi connectivity index (χ3v) is 1.67. The molecule has 0 rings (SSSR count). The van der Waals surface area contributed by atoms with E-state index in [0.29, 0.717) is 11.1 Å². The van der Waals surface area contributed by atoms with Crippen molar-refractivity contribution < 1.29 is 0 Å². The van der Waals surface area contributed by atoms with Crippen LogP contribution in [0.5, 0.6) is 0 Å². The summed E-state index contributed by atoms with van der Waals surface area (Å²) in [6, 6.07) is 0. The molecular weight excluding hydrogens is 134 g/mol. The minimum absolute atomic E-state index is 0.310. The van der Waals surface area contributed by atoms with E-state index < -0.39 is 0 Å². The van der Waals surface area contributed by atoms with Crippen LogP contribution in [-0.2, 0) is 0 Å². The van der Waals surface area contributed by atoms with E-state index >= 15 is 0 Å². The van der Waals surface area contributed by atoms with Crippen molar-refractivity contribution >= 4 is 11.6 Å². The van der Waals surface area contributed by atoms with Crippen LogP contribution in [0.1, 0.15) is 20.8 Å². The number of rotatable bonds is 1. The van der Waals surface area contributed by atoms with Crippen molar-refractivity contribution in [3.05, 3.63) is 22.1 Å². The molecule has 0 bridgehead atoms. The lowest BCUT2D eigenvalue weighted by Crippen LogP contribution is -1.88. The van der Waals surface area contributed by atoms with Crippen molar-refractivity contribution in [3.8, 4) is 0 Å². The first-order valence-electron chi connectivity index (χ1n) is 2.83. The fraction of sp³-hybridized carbons (Fsp3) is 0.571. The molecule has 0 unspecified atom stereocenters. The van der Waals surface area contributed by atoms with E-state index in [-0.39, 0.29) is 0 Å². The van der Waals surface area contributed by atoms with Crippen molar-refractivity contribution in [2.45, 2.75) is 20.8 Å². The van der Waals surface area contributed by atoms with Crippen molar-refractivity contribution in [1.29, 1.82) is 0 Å². The Bertz CT molecular complexity index is 162. The largest absolute Gasteiger partial charge is 0.251 e. The van der Waals surface area contributed by atoms with Gasteiger partial charge < -0.3 is 0 Å². The van der Waals surface area contributed by atoms with Crippen LogP contribution in [-0.4, -0.2) is 0 Å². The highest BCUT2D eigenvalue weighted by atomic mass is 35.5. The molecule has 0 fully saturated rings. The smallest absolute Gasteiger partial charge is 0.225 e. The van der Waals surface area contributed by atoms with Crippen LogP contribution in [0.4, 0.5) is 0 Å². The second-order valence-corrected chi connectivity index (χ2v) is 2.60. The molecule has 2 heteroatoms. The minimum atomic E-state index is 0.310. The lowest BCUT2D eigenvalue weighted by atomic mass is 10.1. The molecule has 0 N–H and O–H groups in total. The van der Waals surface area contributed by atoms with E-state index in [1.165, 1.54) is 0 Å². The van der Waals surface area contributed by atoms with Crippen LogP contribution < -0.4 is 0 Å². The second-order valence-electron chi connectivity index (χ2n) is 2.24. The number of nitrogens with zero attached hydrogens (tertiary/aromatic N) is 1. The number of allylic oxidation sites excluding steroid dienone is 1. The Morgan fingerprint density at radius 2 is 2.00 bits per heavy atom. The molecule has 0 aliphatic heterocycles. The third-order valence-electron chi connectivity index (χ3n) is 1.29. The Morgan fingerprint density at radius 3 is 2.11 bits per heavy atom. The van der Waals surface area contributed by atoms with E-state index in [4.69, 9.17) is 18.2 Å². The molecule has 0 heterocycles. The summed E-state index contributed by atoms with van der Waals surface area (Å²) < 4.78 is 0. The van der Waals surface area contributed by atoms with Gasteiger partial charge in [-0.15, -0.1) is 11.6 Å². The second kappa shape index (κ2) is 3.53. The number of hydrogen-bond donors (Lipinski definition) is 0. The van der Waals surface area contributed by atoms with Gasteiger partial charge in [0.2, 0.25) is 0 Å². The Hall–Kier alpha value is -0.480. The predicted octanol–water partition coefficient (Wildman–Crippen LogP) is 3.03. The summed E-state index contributed by atoms with van der Waals surface area (Å²) in [5, 5.41) is 0.310. The standard InChI is InChI=1S/C7H10ClN/c1-5(2)6(3)7(8)9-4/h5H,1-3H3/b7-6+. The van der Waals surface area contributed by atoms with Gasteiger partial charge in [-0.1, -0.05) is 26.3 Å². The van der Waals surface area contributed by atoms with Crippen molar-refractivity contribution in [1.82, 2.24) is 0 Å². The molecule has 0 aromatic rings. The van der Waals surface area contributed by atoms with Gasteiger partial charge in [-0.25, -0.2) is 4.85 Å². The zero-order valence-corrected chi connectivity index (χ0v) is 6.66. The first-order chi connectivity index (χ1) is 4.09. The van der Waals surface area contributed by atoms with E-state index in [1.807, 2.05) is 20.8 Å². The van der Waals surface area contributed by atoms with Gasteiger partial charge in [0.05, 0.1) is 6.57 Å². The summed E-state index contributed by atoms with van der Waals surface area (Å²) in [4.78, 5) is 3.10. The summed E-state index contributed by atoms with van der Waals surface area (Å²) in [5.41, 5.74) is 0.965. The lowest BCUT2D eigenvalue weighted by Gasteiger charge is -2.02. The Balaban J connectivity index is 4.34. The quantitative estimate of drug-likeness (QED) is 0.393. The maximum Gasteiger partial charge on any atom is 0.251 e. The van der Waals surface area contributed by atoms with E-state index in [0.717, 1.165) is 5.57 Å². The summed E-state index contributed by atoms with van der Waals surface area (Å²) >= 11 is 5.54. The molecule has 0 atom stereocenters. The van der Waals surface area contributed by atoms with Crippen LogP contribution in [0, 0.1) is 12.5 Å². The SMILES string of the molecule is [C-]#[N+]/C(Cl)=C(\C)C(C)C. The van der Waals surface area contributed by atoms with Crippen LogP contribution in [0.15, 0.2) is 10.7 Å². The Kier molecular flexibility index (Phi) is 3.34.